The fraction of sp³-hybridized carbons (Fsp3) is 0.273. The van der Waals surface area contributed by atoms with E-state index in [0.29, 0.717) is 15.6 Å². The minimum absolute atomic E-state index is 0.0261. The van der Waals surface area contributed by atoms with Crippen LogP contribution in [0.25, 0.3) is 0 Å². The zero-order valence-corrected chi connectivity index (χ0v) is 11.1. The molecule has 4 nitrogen and oxygen atoms in total. The summed E-state index contributed by atoms with van der Waals surface area (Å²) in [5.41, 5.74) is 0.569. The first-order valence-corrected chi connectivity index (χ1v) is 5.66. The number of nitrogens with zero attached hydrogens (tertiary/aromatic N) is 1. The summed E-state index contributed by atoms with van der Waals surface area (Å²) in [4.78, 5) is 13.1. The Bertz CT molecular complexity index is 426. The van der Waals surface area contributed by atoms with E-state index in [4.69, 9.17) is 28.6 Å². The Kier molecular flexibility index (Phi) is 4.78. The molecule has 0 aromatic heterocycles. The van der Waals surface area contributed by atoms with Gasteiger partial charge >= 0.3 is 0 Å². The van der Waals surface area contributed by atoms with E-state index in [1.807, 2.05) is 0 Å². The molecule has 1 aromatic carbocycles. The van der Waals surface area contributed by atoms with Crippen LogP contribution in [0.2, 0.25) is 10.0 Å². The maximum absolute atomic E-state index is 11.6. The van der Waals surface area contributed by atoms with Crippen molar-refractivity contribution in [3.63, 3.8) is 0 Å². The lowest BCUT2D eigenvalue weighted by Crippen LogP contribution is -2.40. The molecule has 0 bridgehead atoms. The number of hydrogen-bond acceptors (Lipinski definition) is 2. The molecule has 0 aliphatic rings. The number of carbonyl (C=O) groups excluding carboxylic acids is 1. The molecule has 0 fully saturated rings. The highest BCUT2D eigenvalue weighted by atomic mass is 35.5. The summed E-state index contributed by atoms with van der Waals surface area (Å²) in [7, 11) is 3.34. The average molecular weight is 274 g/mol. The second kappa shape index (κ2) is 5.89. The van der Waals surface area contributed by atoms with Crippen LogP contribution in [0.5, 0.6) is 0 Å². The molecule has 92 valence electrons. The molecule has 2 N–H and O–H groups in total. The SMILES string of the molecule is CN(C)C(=N)NC(=O)Cc1c(Cl)cccc1Cl. The monoisotopic (exact) mass is 273 g/mol. The molecule has 0 aliphatic heterocycles. The van der Waals surface area contributed by atoms with Gasteiger partial charge in [0.15, 0.2) is 5.96 Å². The Balaban J connectivity index is 2.72. The summed E-state index contributed by atoms with van der Waals surface area (Å²) in [6, 6.07) is 5.06. The van der Waals surface area contributed by atoms with Crippen LogP contribution in [0.4, 0.5) is 0 Å². The van der Waals surface area contributed by atoms with Gasteiger partial charge in [-0.3, -0.25) is 15.5 Å². The lowest BCUT2D eigenvalue weighted by atomic mass is 10.1. The third-order valence-electron chi connectivity index (χ3n) is 2.10. The van der Waals surface area contributed by atoms with Crippen LogP contribution in [-0.2, 0) is 11.2 Å². The molecule has 0 spiro atoms. The highest BCUT2D eigenvalue weighted by Crippen LogP contribution is 2.24. The summed E-state index contributed by atoms with van der Waals surface area (Å²) < 4.78 is 0. The van der Waals surface area contributed by atoms with Crippen molar-refractivity contribution in [3.8, 4) is 0 Å². The van der Waals surface area contributed by atoms with Gasteiger partial charge in [-0.25, -0.2) is 0 Å². The van der Waals surface area contributed by atoms with Gasteiger partial charge in [0.2, 0.25) is 5.91 Å². The zero-order chi connectivity index (χ0) is 13.0. The van der Waals surface area contributed by atoms with E-state index in [-0.39, 0.29) is 18.3 Å². The summed E-state index contributed by atoms with van der Waals surface area (Å²) >= 11 is 11.9. The Morgan fingerprint density at radius 1 is 1.35 bits per heavy atom. The third kappa shape index (κ3) is 3.91. The third-order valence-corrected chi connectivity index (χ3v) is 2.81. The van der Waals surface area contributed by atoms with Gasteiger partial charge in [0, 0.05) is 24.1 Å². The molecule has 0 unspecified atom stereocenters. The van der Waals surface area contributed by atoms with Crippen molar-refractivity contribution in [3.05, 3.63) is 33.8 Å². The van der Waals surface area contributed by atoms with E-state index in [2.05, 4.69) is 5.32 Å². The fourth-order valence-corrected chi connectivity index (χ4v) is 1.68. The molecule has 0 heterocycles. The van der Waals surface area contributed by atoms with Crippen molar-refractivity contribution in [2.75, 3.05) is 14.1 Å². The Labute approximate surface area is 110 Å². The van der Waals surface area contributed by atoms with E-state index in [1.165, 1.54) is 4.90 Å². The molecular weight excluding hydrogens is 261 g/mol. The topological polar surface area (TPSA) is 56.2 Å². The van der Waals surface area contributed by atoms with Crippen LogP contribution in [0.15, 0.2) is 18.2 Å². The van der Waals surface area contributed by atoms with Crippen molar-refractivity contribution in [1.82, 2.24) is 10.2 Å². The summed E-state index contributed by atoms with van der Waals surface area (Å²) in [6.45, 7) is 0. The minimum Gasteiger partial charge on any atom is -0.349 e. The van der Waals surface area contributed by atoms with Gasteiger partial charge in [-0.2, -0.15) is 0 Å². The number of rotatable bonds is 2. The molecule has 0 atom stereocenters. The van der Waals surface area contributed by atoms with E-state index in [0.717, 1.165) is 0 Å². The molecule has 0 saturated carbocycles. The lowest BCUT2D eigenvalue weighted by Gasteiger charge is -2.14. The number of benzene rings is 1. The molecule has 1 aromatic rings. The van der Waals surface area contributed by atoms with Crippen molar-refractivity contribution < 1.29 is 4.79 Å². The second-order valence-corrected chi connectivity index (χ2v) is 4.48. The highest BCUT2D eigenvalue weighted by Gasteiger charge is 2.12. The van der Waals surface area contributed by atoms with Gasteiger partial charge in [0.05, 0.1) is 6.42 Å². The lowest BCUT2D eigenvalue weighted by molar-refractivity contribution is -0.119. The quantitative estimate of drug-likeness (QED) is 0.641. The fourth-order valence-electron chi connectivity index (χ4n) is 1.15. The molecule has 0 radical (unpaired) electrons. The number of hydrogen-bond donors (Lipinski definition) is 2. The van der Waals surface area contributed by atoms with Gasteiger partial charge in [0.25, 0.3) is 0 Å². The normalized spacial score (nSPS) is 9.88. The van der Waals surface area contributed by atoms with Crippen molar-refractivity contribution in [2.45, 2.75) is 6.42 Å². The largest absolute Gasteiger partial charge is 0.349 e. The summed E-state index contributed by atoms with van der Waals surface area (Å²) in [6.07, 6.45) is 0.0503. The number of halogens is 2. The molecule has 1 amide bonds. The van der Waals surface area contributed by atoms with Gasteiger partial charge in [0.1, 0.15) is 0 Å². The minimum atomic E-state index is -0.321. The summed E-state index contributed by atoms with van der Waals surface area (Å²) in [5.74, 6) is -0.295. The maximum atomic E-state index is 11.6. The molecule has 0 saturated heterocycles. The first-order chi connectivity index (χ1) is 7.91. The predicted octanol–water partition coefficient (Wildman–Crippen LogP) is 2.15. The molecular formula is C11H13Cl2N3O. The number of guanidine groups is 1. The van der Waals surface area contributed by atoms with Crippen LogP contribution in [0, 0.1) is 5.41 Å². The van der Waals surface area contributed by atoms with E-state index in [9.17, 15) is 4.79 Å². The second-order valence-electron chi connectivity index (χ2n) is 3.67. The number of carbonyl (C=O) groups is 1. The molecule has 17 heavy (non-hydrogen) atoms. The zero-order valence-electron chi connectivity index (χ0n) is 9.55. The Morgan fingerprint density at radius 2 is 1.88 bits per heavy atom. The van der Waals surface area contributed by atoms with Crippen molar-refractivity contribution >= 4 is 35.1 Å². The first kappa shape index (κ1) is 13.8. The van der Waals surface area contributed by atoms with Crippen LogP contribution < -0.4 is 5.32 Å². The van der Waals surface area contributed by atoms with Crippen molar-refractivity contribution in [1.29, 1.82) is 5.41 Å². The molecule has 0 aliphatic carbocycles. The van der Waals surface area contributed by atoms with Crippen LogP contribution in [-0.4, -0.2) is 30.9 Å². The Morgan fingerprint density at radius 3 is 2.35 bits per heavy atom. The molecule has 6 heteroatoms. The number of amides is 1. The van der Waals surface area contributed by atoms with Gasteiger partial charge in [-0.15, -0.1) is 0 Å². The smallest absolute Gasteiger partial charge is 0.231 e. The Hall–Kier alpha value is -1.26. The predicted molar refractivity (Wildman–Crippen MR) is 69.7 cm³/mol. The van der Waals surface area contributed by atoms with E-state index < -0.39 is 0 Å². The van der Waals surface area contributed by atoms with Crippen molar-refractivity contribution in [2.24, 2.45) is 0 Å². The van der Waals surface area contributed by atoms with Gasteiger partial charge < -0.3 is 4.90 Å². The van der Waals surface area contributed by atoms with Gasteiger partial charge in [-0.1, -0.05) is 29.3 Å². The van der Waals surface area contributed by atoms with Gasteiger partial charge in [-0.05, 0) is 17.7 Å². The van der Waals surface area contributed by atoms with Crippen LogP contribution in [0.3, 0.4) is 0 Å². The number of nitrogens with one attached hydrogen (secondary N) is 2. The van der Waals surface area contributed by atoms with Crippen LogP contribution >= 0.6 is 23.2 Å². The van der Waals surface area contributed by atoms with E-state index in [1.54, 1.807) is 32.3 Å². The summed E-state index contributed by atoms with van der Waals surface area (Å²) in [5, 5.41) is 10.8. The van der Waals surface area contributed by atoms with E-state index >= 15 is 0 Å². The maximum Gasteiger partial charge on any atom is 0.231 e. The first-order valence-electron chi connectivity index (χ1n) is 4.90. The highest BCUT2D eigenvalue weighted by molar-refractivity contribution is 6.36. The van der Waals surface area contributed by atoms with Crippen LogP contribution in [0.1, 0.15) is 5.56 Å². The average Bonchev–Trinajstić information content (AvgIpc) is 2.23. The standard InChI is InChI=1S/C11H13Cl2N3O/c1-16(2)11(14)15-10(17)6-7-8(12)4-3-5-9(7)13/h3-5H,6H2,1-2H3,(H2,14,15,17). The molecule has 1 rings (SSSR count).